The van der Waals surface area contributed by atoms with Gasteiger partial charge in [0.05, 0.1) is 49.7 Å². The van der Waals surface area contributed by atoms with Crippen LogP contribution in [0.25, 0.3) is 285 Å². The molecule has 0 fully saturated rings. The first-order valence-corrected chi connectivity index (χ1v) is 51.7. The van der Waals surface area contributed by atoms with Crippen LogP contribution in [-0.2, 0) is 0 Å². The average molecular weight is 1910 g/mol. The Hall–Kier alpha value is -19.9. The molecule has 26 aromatic carbocycles. The molecule has 0 atom stereocenters. The lowest BCUT2D eigenvalue weighted by molar-refractivity contribution is 1.13. The van der Waals surface area contributed by atoms with E-state index in [0.29, 0.717) is 0 Å². The number of rotatable bonds is 11. The monoisotopic (exact) mass is 1900 g/mol. The van der Waals surface area contributed by atoms with Gasteiger partial charge in [-0.2, -0.15) is 0 Å². The van der Waals surface area contributed by atoms with Crippen molar-refractivity contribution in [2.24, 2.45) is 0 Å². The van der Waals surface area contributed by atoms with E-state index in [-0.39, 0.29) is 0 Å². The first kappa shape index (κ1) is 85.6. The van der Waals surface area contributed by atoms with Crippen LogP contribution < -0.4 is 0 Å². The topological polar surface area (TPSA) is 29.6 Å². The van der Waals surface area contributed by atoms with Gasteiger partial charge in [-0.25, -0.2) is 0 Å². The summed E-state index contributed by atoms with van der Waals surface area (Å²) in [6, 6.07) is 197. The molecule has 6 aromatic heterocycles. The second-order valence-electron chi connectivity index (χ2n) is 39.7. The summed E-state index contributed by atoms with van der Waals surface area (Å²) in [5, 5.41) is 34.5. The van der Waals surface area contributed by atoms with Crippen LogP contribution in [0.1, 0.15) is 0 Å². The molecular weight excluding hydrogens is 1810 g/mol. The highest BCUT2D eigenvalue weighted by molar-refractivity contribution is 6.30. The highest BCUT2D eigenvalue weighted by Crippen LogP contribution is 2.48. The van der Waals surface area contributed by atoms with Gasteiger partial charge in [0.25, 0.3) is 0 Å². The maximum atomic E-state index is 2.46. The highest BCUT2D eigenvalue weighted by Gasteiger charge is 2.25. The Bertz CT molecular complexity index is 11000. The van der Waals surface area contributed by atoms with Crippen molar-refractivity contribution in [3.05, 3.63) is 558 Å². The molecule has 150 heavy (non-hydrogen) atoms. The third-order valence-electron chi connectivity index (χ3n) is 31.6. The standard InChI is InChI=1S/2C50H32N2.C44H28N2/c1-3-12-33(13-4-1)35-22-24-41-42-25-23-36(32-47(42)40-19-8-7-18-39(40)46(41)31-35)34-14-11-17-38(30-34)52-49-21-10-9-20-43(49)44-26-27-48-45(50(44)52)28-29-51(48)37-15-5-2-6-16-37;1-3-11-33(12-4-1)35-21-25-41-42-26-22-36(32-47(42)40-16-8-7-15-39(40)46(41)31-35)34-19-23-38(24-20-34)52-49-18-10-9-17-43(49)44-27-28-48-45(50(44)52)29-30-51(48)37-13-5-2-6-14-37;1-2-12-31(13-3-1)45-26-25-40-42(45)24-23-39-38-19-8-9-20-43(38)46(44(39)40)32-14-10-11-29(27-32)30-21-22-37-35-17-5-4-15-33(35)34-16-6-7-18-36(34)41(37)28-30/h2*1-32H;1-28H. The quantitative estimate of drug-likeness (QED) is 0.116. The normalized spacial score (nSPS) is 11.9. The number of fused-ring (bicyclic) bond motifs is 33. The van der Waals surface area contributed by atoms with E-state index in [1.54, 1.807) is 0 Å². The fraction of sp³-hybridized carbons (Fsp3) is 0. The number of para-hydroxylation sites is 6. The van der Waals surface area contributed by atoms with Crippen molar-refractivity contribution in [3.8, 4) is 89.8 Å². The summed E-state index contributed by atoms with van der Waals surface area (Å²) in [6.45, 7) is 0. The Morgan fingerprint density at radius 1 is 0.0933 bits per heavy atom. The molecule has 0 amide bonds. The molecule has 0 radical (unpaired) electrons. The van der Waals surface area contributed by atoms with Gasteiger partial charge in [-0.1, -0.05) is 382 Å². The maximum absolute atomic E-state index is 2.46. The van der Waals surface area contributed by atoms with Gasteiger partial charge in [0.2, 0.25) is 0 Å². The molecular formula is C144H92N6. The van der Waals surface area contributed by atoms with Gasteiger partial charge in [0, 0.05) is 101 Å². The van der Waals surface area contributed by atoms with E-state index in [1.165, 1.54) is 251 Å². The fourth-order valence-corrected chi connectivity index (χ4v) is 24.7. The lowest BCUT2D eigenvalue weighted by Gasteiger charge is -2.14. The van der Waals surface area contributed by atoms with Crippen LogP contribution in [0.2, 0.25) is 0 Å². The molecule has 32 aromatic rings. The van der Waals surface area contributed by atoms with Crippen LogP contribution in [0.3, 0.4) is 0 Å². The van der Waals surface area contributed by atoms with E-state index in [2.05, 4.69) is 586 Å². The molecule has 0 aliphatic rings. The summed E-state index contributed by atoms with van der Waals surface area (Å²) in [6.07, 6.45) is 6.59. The van der Waals surface area contributed by atoms with E-state index < -0.39 is 0 Å². The molecule has 6 heterocycles. The SMILES string of the molecule is c1ccc(-c2ccc3c4ccc(-c5ccc(-n6c7ccccc7c7ccc8c(ccn8-c8ccccc8)c76)cc5)cc4c4ccccc4c3c2)cc1.c1ccc(-c2ccc3c4ccc(-c5cccc(-n6c7ccccc7c7ccc8c(ccn8-c8ccccc8)c76)c5)cc4c4ccccc4c3c2)cc1.c1ccc(-n2ccc3c2ccc2c4ccccc4n(-c4cccc(-c5ccc6c7ccccc7c7ccccc7c6c5)c4)c23)cc1. The van der Waals surface area contributed by atoms with Gasteiger partial charge in [0.15, 0.2) is 0 Å². The zero-order valence-electron chi connectivity index (χ0n) is 81.8. The van der Waals surface area contributed by atoms with E-state index in [4.69, 9.17) is 0 Å². The Morgan fingerprint density at radius 3 is 0.587 bits per heavy atom. The van der Waals surface area contributed by atoms with Crippen LogP contribution in [0.5, 0.6) is 0 Å². The summed E-state index contributed by atoms with van der Waals surface area (Å²) < 4.78 is 14.2. The Balaban J connectivity index is 0.000000104. The highest BCUT2D eigenvalue weighted by atomic mass is 15.0. The van der Waals surface area contributed by atoms with Gasteiger partial charge in [-0.05, 0) is 310 Å². The van der Waals surface area contributed by atoms with Crippen molar-refractivity contribution < 1.29 is 0 Å². The van der Waals surface area contributed by atoms with Crippen LogP contribution in [0.4, 0.5) is 0 Å². The van der Waals surface area contributed by atoms with Crippen LogP contribution >= 0.6 is 0 Å². The van der Waals surface area contributed by atoms with E-state index in [1.807, 2.05) is 0 Å². The molecule has 0 N–H and O–H groups in total. The number of hydrogen-bond donors (Lipinski definition) is 0. The predicted octanol–water partition coefficient (Wildman–Crippen LogP) is 38.9. The number of nitrogens with zero attached hydrogens (tertiary/aromatic N) is 6. The minimum absolute atomic E-state index is 1.15. The molecule has 0 saturated heterocycles. The lowest BCUT2D eigenvalue weighted by atomic mass is 9.90. The molecule has 32 rings (SSSR count). The summed E-state index contributed by atoms with van der Waals surface area (Å²) >= 11 is 0. The average Bonchev–Trinajstić information content (AvgIpc) is 1.58. The molecule has 0 aliphatic carbocycles. The Morgan fingerprint density at radius 2 is 0.293 bits per heavy atom. The lowest BCUT2D eigenvalue weighted by Crippen LogP contribution is -1.95. The van der Waals surface area contributed by atoms with Crippen molar-refractivity contribution >= 4 is 195 Å². The first-order chi connectivity index (χ1) is 74.4. The van der Waals surface area contributed by atoms with Crippen molar-refractivity contribution in [2.45, 2.75) is 0 Å². The summed E-state index contributed by atoms with van der Waals surface area (Å²) in [5.41, 5.74) is 30.1. The summed E-state index contributed by atoms with van der Waals surface area (Å²) in [5.74, 6) is 0. The third-order valence-corrected chi connectivity index (χ3v) is 31.6. The Kier molecular flexibility index (Phi) is 20.0. The largest absolute Gasteiger partial charge is 0.316 e. The van der Waals surface area contributed by atoms with Crippen LogP contribution in [-0.4, -0.2) is 27.4 Å². The molecule has 698 valence electrons. The molecule has 0 unspecified atom stereocenters. The summed E-state index contributed by atoms with van der Waals surface area (Å²) in [4.78, 5) is 0. The van der Waals surface area contributed by atoms with Crippen molar-refractivity contribution in [2.75, 3.05) is 0 Å². The van der Waals surface area contributed by atoms with E-state index >= 15 is 0 Å². The molecule has 6 heteroatoms. The zero-order chi connectivity index (χ0) is 98.5. The fourth-order valence-electron chi connectivity index (χ4n) is 24.7. The minimum atomic E-state index is 1.15. The van der Waals surface area contributed by atoms with Gasteiger partial charge in [0.1, 0.15) is 0 Å². The van der Waals surface area contributed by atoms with Gasteiger partial charge in [-0.15, -0.1) is 0 Å². The van der Waals surface area contributed by atoms with Gasteiger partial charge >= 0.3 is 0 Å². The second kappa shape index (κ2) is 35.0. The maximum Gasteiger partial charge on any atom is 0.0635 e. The van der Waals surface area contributed by atoms with Crippen LogP contribution in [0.15, 0.2) is 558 Å². The number of hydrogen-bond acceptors (Lipinski definition) is 0. The zero-order valence-corrected chi connectivity index (χ0v) is 81.8. The molecule has 0 bridgehead atoms. The molecule has 0 saturated carbocycles. The van der Waals surface area contributed by atoms with Crippen molar-refractivity contribution in [1.29, 1.82) is 0 Å². The summed E-state index contributed by atoms with van der Waals surface area (Å²) in [7, 11) is 0. The van der Waals surface area contributed by atoms with Crippen LogP contribution in [0, 0.1) is 0 Å². The van der Waals surface area contributed by atoms with Crippen molar-refractivity contribution in [1.82, 2.24) is 27.4 Å². The molecule has 0 spiro atoms. The minimum Gasteiger partial charge on any atom is -0.316 e. The molecule has 0 aliphatic heterocycles. The Labute approximate surface area is 864 Å². The van der Waals surface area contributed by atoms with Gasteiger partial charge in [-0.3, -0.25) is 0 Å². The van der Waals surface area contributed by atoms with Crippen molar-refractivity contribution in [3.63, 3.8) is 0 Å². The number of benzene rings is 26. The predicted molar refractivity (Wildman–Crippen MR) is 638 cm³/mol. The first-order valence-electron chi connectivity index (χ1n) is 51.7. The molecule has 6 nitrogen and oxygen atoms in total. The van der Waals surface area contributed by atoms with E-state index in [9.17, 15) is 0 Å². The second-order valence-corrected chi connectivity index (χ2v) is 39.7. The number of aromatic nitrogens is 6. The third kappa shape index (κ3) is 13.9. The smallest absolute Gasteiger partial charge is 0.0635 e. The van der Waals surface area contributed by atoms with Gasteiger partial charge < -0.3 is 27.4 Å². The van der Waals surface area contributed by atoms with E-state index in [0.717, 1.165) is 34.1 Å².